The summed E-state index contributed by atoms with van der Waals surface area (Å²) in [5.41, 5.74) is 2.25. The minimum absolute atomic E-state index is 0.133. The number of carbonyl (C=O) groups is 4. The number of fused-ring (bicyclic) bond motifs is 5. The van der Waals surface area contributed by atoms with E-state index in [4.69, 9.17) is 9.47 Å². The van der Waals surface area contributed by atoms with Crippen molar-refractivity contribution in [2.75, 3.05) is 16.8 Å². The maximum absolute atomic E-state index is 13.7. The van der Waals surface area contributed by atoms with Gasteiger partial charge in [0.05, 0.1) is 23.1 Å². The second-order valence-corrected chi connectivity index (χ2v) is 11.6. The van der Waals surface area contributed by atoms with Crippen molar-refractivity contribution in [2.24, 2.45) is 23.7 Å². The van der Waals surface area contributed by atoms with Crippen LogP contribution < -0.4 is 15.0 Å². The number of nitrogens with one attached hydrogen (secondary N) is 1. The third-order valence-electron chi connectivity index (χ3n) is 9.03. The van der Waals surface area contributed by atoms with Crippen LogP contribution in [-0.2, 0) is 19.1 Å². The summed E-state index contributed by atoms with van der Waals surface area (Å²) < 4.78 is 11.0. The van der Waals surface area contributed by atoms with Gasteiger partial charge in [0.1, 0.15) is 11.5 Å². The predicted molar refractivity (Wildman–Crippen MR) is 163 cm³/mol. The van der Waals surface area contributed by atoms with Gasteiger partial charge in [-0.05, 0) is 90.8 Å². The SMILES string of the molecule is O=C(COC(=O)c1cccc(N2C(=O)[C@@H]3[C@@H]4C[C@@H]([C@H]3C2=O)[C@@H](c2ccccc2)C4)c1)Nc1ccc(Oc2ccccc2)cc1. The number of carbonyl (C=O) groups excluding carboxylic acids is 4. The quantitative estimate of drug-likeness (QED) is 0.195. The third-order valence-corrected chi connectivity index (χ3v) is 9.03. The van der Waals surface area contributed by atoms with Crippen molar-refractivity contribution in [3.05, 3.63) is 120 Å². The number of para-hydroxylation sites is 1. The van der Waals surface area contributed by atoms with Gasteiger partial charge >= 0.3 is 5.97 Å². The Balaban J connectivity index is 0.969. The van der Waals surface area contributed by atoms with E-state index >= 15 is 0 Å². The smallest absolute Gasteiger partial charge is 0.338 e. The highest BCUT2D eigenvalue weighted by atomic mass is 16.5. The Bertz CT molecular complexity index is 1720. The highest BCUT2D eigenvalue weighted by molar-refractivity contribution is 6.23. The number of rotatable bonds is 8. The van der Waals surface area contributed by atoms with Crippen LogP contribution in [0.3, 0.4) is 0 Å². The molecule has 1 heterocycles. The van der Waals surface area contributed by atoms with Gasteiger partial charge in [0.15, 0.2) is 6.61 Å². The van der Waals surface area contributed by atoms with Crippen LogP contribution in [-0.4, -0.2) is 30.3 Å². The average molecular weight is 587 g/mol. The molecular formula is C36H30N2O6. The lowest BCUT2D eigenvalue weighted by Gasteiger charge is -2.28. The van der Waals surface area contributed by atoms with E-state index in [0.29, 0.717) is 22.9 Å². The van der Waals surface area contributed by atoms with Crippen molar-refractivity contribution >= 4 is 35.1 Å². The molecule has 8 nitrogen and oxygen atoms in total. The molecule has 0 unspecified atom stereocenters. The molecule has 2 saturated carbocycles. The first-order valence-corrected chi connectivity index (χ1v) is 14.8. The van der Waals surface area contributed by atoms with Gasteiger partial charge in [-0.2, -0.15) is 0 Å². The highest BCUT2D eigenvalue weighted by Gasteiger charge is 2.64. The number of hydrogen-bond donors (Lipinski definition) is 1. The van der Waals surface area contributed by atoms with E-state index in [-0.39, 0.29) is 47.0 Å². The minimum atomic E-state index is -0.725. The number of ether oxygens (including phenoxy) is 2. The van der Waals surface area contributed by atoms with Gasteiger partial charge in [-0.15, -0.1) is 0 Å². The summed E-state index contributed by atoms with van der Waals surface area (Å²) in [6.45, 7) is -0.499. The zero-order valence-corrected chi connectivity index (χ0v) is 23.8. The van der Waals surface area contributed by atoms with Crippen LogP contribution in [0.1, 0.15) is 34.7 Å². The molecule has 3 aliphatic rings. The summed E-state index contributed by atoms with van der Waals surface area (Å²) in [6.07, 6.45) is 1.79. The Kier molecular flexibility index (Phi) is 7.18. The summed E-state index contributed by atoms with van der Waals surface area (Å²) in [6, 6.07) is 32.7. The van der Waals surface area contributed by atoms with Gasteiger partial charge in [0.25, 0.3) is 5.91 Å². The van der Waals surface area contributed by atoms with Gasteiger partial charge in [0, 0.05) is 5.69 Å². The molecule has 220 valence electrons. The molecule has 8 heteroatoms. The van der Waals surface area contributed by atoms with E-state index in [9.17, 15) is 19.2 Å². The number of anilines is 2. The first-order chi connectivity index (χ1) is 21.5. The van der Waals surface area contributed by atoms with Crippen LogP contribution >= 0.6 is 0 Å². The van der Waals surface area contributed by atoms with Crippen molar-refractivity contribution < 1.29 is 28.7 Å². The fourth-order valence-electron chi connectivity index (χ4n) is 7.21. The van der Waals surface area contributed by atoms with E-state index < -0.39 is 18.5 Å². The predicted octanol–water partition coefficient (Wildman–Crippen LogP) is 6.20. The Hall–Kier alpha value is -5.24. The molecule has 3 amide bonds. The van der Waals surface area contributed by atoms with Crippen molar-refractivity contribution in [2.45, 2.75) is 18.8 Å². The van der Waals surface area contributed by atoms with Gasteiger partial charge in [0.2, 0.25) is 11.8 Å². The lowest BCUT2D eigenvalue weighted by Crippen LogP contribution is -2.33. The zero-order valence-electron chi connectivity index (χ0n) is 23.8. The van der Waals surface area contributed by atoms with Crippen LogP contribution in [0.4, 0.5) is 11.4 Å². The lowest BCUT2D eigenvalue weighted by atomic mass is 9.73. The Labute approximate surface area is 254 Å². The summed E-state index contributed by atoms with van der Waals surface area (Å²) in [5, 5.41) is 2.69. The van der Waals surface area contributed by atoms with Crippen LogP contribution in [0, 0.1) is 23.7 Å². The summed E-state index contributed by atoms with van der Waals surface area (Å²) in [5.74, 6) is -0.383. The second-order valence-electron chi connectivity index (χ2n) is 11.6. The lowest BCUT2D eigenvalue weighted by molar-refractivity contribution is -0.123. The molecule has 1 aliphatic heterocycles. The fraction of sp³-hybridized carbons (Fsp3) is 0.222. The van der Waals surface area contributed by atoms with E-state index in [1.807, 2.05) is 48.5 Å². The van der Waals surface area contributed by atoms with Crippen molar-refractivity contribution in [3.63, 3.8) is 0 Å². The van der Waals surface area contributed by atoms with Crippen LogP contribution in [0.5, 0.6) is 11.5 Å². The molecule has 4 aromatic carbocycles. The van der Waals surface area contributed by atoms with Gasteiger partial charge in [-0.1, -0.05) is 54.6 Å². The number of imide groups is 1. The largest absolute Gasteiger partial charge is 0.457 e. The molecule has 1 N–H and O–H groups in total. The molecule has 4 aromatic rings. The average Bonchev–Trinajstić information content (AvgIpc) is 3.73. The van der Waals surface area contributed by atoms with Crippen molar-refractivity contribution in [3.8, 4) is 11.5 Å². The molecule has 3 fully saturated rings. The number of nitrogens with zero attached hydrogens (tertiary/aromatic N) is 1. The first-order valence-electron chi connectivity index (χ1n) is 14.8. The summed E-state index contributed by atoms with van der Waals surface area (Å²) >= 11 is 0. The Morgan fingerprint density at radius 2 is 1.43 bits per heavy atom. The normalized spacial score (nSPS) is 23.4. The second kappa shape index (κ2) is 11.4. The molecule has 5 atom stereocenters. The molecule has 2 bridgehead atoms. The topological polar surface area (TPSA) is 102 Å². The van der Waals surface area contributed by atoms with Crippen LogP contribution in [0.15, 0.2) is 109 Å². The number of hydrogen-bond acceptors (Lipinski definition) is 6. The molecule has 0 radical (unpaired) electrons. The van der Waals surface area contributed by atoms with E-state index in [2.05, 4.69) is 17.4 Å². The molecule has 0 spiro atoms. The minimum Gasteiger partial charge on any atom is -0.457 e. The first kappa shape index (κ1) is 27.6. The van der Waals surface area contributed by atoms with E-state index in [1.54, 1.807) is 36.4 Å². The van der Waals surface area contributed by atoms with Gasteiger partial charge < -0.3 is 14.8 Å². The molecular weight excluding hydrogens is 556 g/mol. The maximum Gasteiger partial charge on any atom is 0.338 e. The van der Waals surface area contributed by atoms with Crippen LogP contribution in [0.2, 0.25) is 0 Å². The van der Waals surface area contributed by atoms with Crippen LogP contribution in [0.25, 0.3) is 0 Å². The number of amides is 3. The molecule has 2 aliphatic carbocycles. The molecule has 7 rings (SSSR count). The summed E-state index contributed by atoms with van der Waals surface area (Å²) in [7, 11) is 0. The number of benzene rings is 4. The zero-order chi connectivity index (χ0) is 30.2. The van der Waals surface area contributed by atoms with Crippen molar-refractivity contribution in [1.82, 2.24) is 0 Å². The van der Waals surface area contributed by atoms with Crippen molar-refractivity contribution in [1.29, 1.82) is 0 Å². The van der Waals surface area contributed by atoms with E-state index in [0.717, 1.165) is 12.8 Å². The van der Waals surface area contributed by atoms with Gasteiger partial charge in [-0.25, -0.2) is 4.79 Å². The third kappa shape index (κ3) is 5.13. The number of esters is 1. The maximum atomic E-state index is 13.7. The molecule has 44 heavy (non-hydrogen) atoms. The monoisotopic (exact) mass is 586 g/mol. The fourth-order valence-corrected chi connectivity index (χ4v) is 7.21. The standard InChI is InChI=1S/C36H30N2O6/c39-31(37-25-14-16-28(17-15-25)44-27-12-5-2-6-13-27)21-43-36(42)23-10-7-11-26(18-23)38-34(40)32-24-19-29(22-8-3-1-4-9-22)30(20-24)33(32)35(38)41/h1-18,24,29-30,32-33H,19-21H2,(H,37,39)/t24-,29+,30+,32+,33+/m0/s1. The van der Waals surface area contributed by atoms with E-state index in [1.165, 1.54) is 22.6 Å². The molecule has 1 saturated heterocycles. The summed E-state index contributed by atoms with van der Waals surface area (Å²) in [4.78, 5) is 53.8. The molecule has 0 aromatic heterocycles. The Morgan fingerprint density at radius 1 is 0.750 bits per heavy atom. The van der Waals surface area contributed by atoms with Gasteiger partial charge in [-0.3, -0.25) is 19.3 Å². The Morgan fingerprint density at radius 3 is 2.18 bits per heavy atom. The highest BCUT2D eigenvalue weighted by Crippen LogP contribution is 2.61.